The van der Waals surface area contributed by atoms with E-state index in [1.54, 1.807) is 0 Å². The quantitative estimate of drug-likeness (QED) is 0.183. The van der Waals surface area contributed by atoms with Crippen LogP contribution in [0.3, 0.4) is 0 Å². The summed E-state index contributed by atoms with van der Waals surface area (Å²) in [5.41, 5.74) is 16.6. The van der Waals surface area contributed by atoms with Crippen LogP contribution in [0.25, 0.3) is 110 Å². The van der Waals surface area contributed by atoms with Gasteiger partial charge >= 0.3 is 0 Å². The Morgan fingerprint density at radius 2 is 0.789 bits per heavy atom. The lowest BCUT2D eigenvalue weighted by Crippen LogP contribution is -1.95. The first kappa shape index (κ1) is 31.7. The molecule has 0 fully saturated rings. The van der Waals surface area contributed by atoms with Gasteiger partial charge in [0.2, 0.25) is 0 Å². The molecule has 0 radical (unpaired) electrons. The van der Waals surface area contributed by atoms with Gasteiger partial charge in [-0.15, -0.1) is 0 Å². The van der Waals surface area contributed by atoms with E-state index in [1.807, 2.05) is 0 Å². The summed E-state index contributed by atoms with van der Waals surface area (Å²) in [5.74, 6) is 0. The Kier molecular flexibility index (Phi) is 6.93. The average molecular weight is 726 g/mol. The zero-order chi connectivity index (χ0) is 37.5. The second kappa shape index (κ2) is 12.5. The molecule has 3 nitrogen and oxygen atoms in total. The summed E-state index contributed by atoms with van der Waals surface area (Å²) in [6.07, 6.45) is 0. The van der Waals surface area contributed by atoms with Crippen LogP contribution >= 0.6 is 0 Å². The van der Waals surface area contributed by atoms with E-state index in [2.05, 4.69) is 220 Å². The maximum atomic E-state index is 3.75. The summed E-state index contributed by atoms with van der Waals surface area (Å²) >= 11 is 0. The van der Waals surface area contributed by atoms with Gasteiger partial charge in [0.25, 0.3) is 0 Å². The number of hydrogen-bond donors (Lipinski definition) is 1. The van der Waals surface area contributed by atoms with Crippen LogP contribution in [-0.2, 0) is 0 Å². The number of aromatic amines is 1. The number of hydrogen-bond acceptors (Lipinski definition) is 0. The van der Waals surface area contributed by atoms with Crippen molar-refractivity contribution in [1.29, 1.82) is 0 Å². The SMILES string of the molecule is c1ccc(-c2cccc(-n3c4ccccc4c4cc(-c5ccc6c(c5)c5ccccc5n6-c5cc(-c6ccccc6)c6[nH]c7ccccc7c6c5)ccc43)c2)cc1. The largest absolute Gasteiger partial charge is 0.354 e. The lowest BCUT2D eigenvalue weighted by atomic mass is 10.00. The van der Waals surface area contributed by atoms with Crippen molar-refractivity contribution < 1.29 is 0 Å². The third-order valence-electron chi connectivity index (χ3n) is 11.8. The molecule has 0 bridgehead atoms. The molecule has 12 rings (SSSR count). The van der Waals surface area contributed by atoms with Gasteiger partial charge < -0.3 is 14.1 Å². The minimum atomic E-state index is 1.15. The number of benzene rings is 9. The number of fused-ring (bicyclic) bond motifs is 9. The Hall–Kier alpha value is -7.62. The molecule has 0 aliphatic carbocycles. The second-order valence-corrected chi connectivity index (χ2v) is 15.0. The van der Waals surface area contributed by atoms with Crippen molar-refractivity contribution in [2.75, 3.05) is 0 Å². The minimum absolute atomic E-state index is 1.15. The molecule has 12 aromatic rings. The molecular formula is C54H35N3. The molecule has 3 aromatic heterocycles. The first-order chi connectivity index (χ1) is 28.3. The van der Waals surface area contributed by atoms with Gasteiger partial charge in [-0.1, -0.05) is 140 Å². The monoisotopic (exact) mass is 725 g/mol. The van der Waals surface area contributed by atoms with Crippen molar-refractivity contribution in [3.8, 4) is 44.8 Å². The molecule has 0 amide bonds. The Morgan fingerprint density at radius 3 is 1.46 bits per heavy atom. The van der Waals surface area contributed by atoms with Gasteiger partial charge in [0.05, 0.1) is 27.6 Å². The Labute approximate surface area is 329 Å². The third kappa shape index (κ3) is 4.92. The average Bonchev–Trinajstić information content (AvgIpc) is 3.94. The van der Waals surface area contributed by atoms with Crippen LogP contribution in [0.2, 0.25) is 0 Å². The molecule has 1 N–H and O–H groups in total. The molecule has 0 unspecified atom stereocenters. The van der Waals surface area contributed by atoms with Crippen LogP contribution in [0.4, 0.5) is 0 Å². The van der Waals surface area contributed by atoms with Gasteiger partial charge in [-0.05, 0) is 94.5 Å². The number of H-pyrrole nitrogens is 1. The molecule has 0 spiro atoms. The lowest BCUT2D eigenvalue weighted by molar-refractivity contribution is 1.18. The fraction of sp³-hybridized carbons (Fsp3) is 0. The van der Waals surface area contributed by atoms with Crippen LogP contribution in [0, 0.1) is 0 Å². The highest BCUT2D eigenvalue weighted by Crippen LogP contribution is 2.41. The van der Waals surface area contributed by atoms with Crippen LogP contribution < -0.4 is 0 Å². The highest BCUT2D eigenvalue weighted by molar-refractivity contribution is 6.15. The number of nitrogens with zero attached hydrogens (tertiary/aromatic N) is 2. The summed E-state index contributed by atoms with van der Waals surface area (Å²) in [6, 6.07) is 75.2. The topological polar surface area (TPSA) is 25.6 Å². The standard InChI is InChI=1S/C54H35N3/c1-3-14-35(15-4-1)37-18-13-19-40(30-37)56-50-24-11-8-21-43(50)46-31-38(26-28-52(46)56)39-27-29-53-47(32-39)44-22-9-12-25-51(44)57(53)41-33-45(36-16-5-2-6-17-36)54-48(34-41)42-20-7-10-23-49(42)55-54/h1-34,55H. The van der Waals surface area contributed by atoms with E-state index in [1.165, 1.54) is 87.8 Å². The zero-order valence-corrected chi connectivity index (χ0v) is 31.0. The summed E-state index contributed by atoms with van der Waals surface area (Å²) in [5, 5.41) is 7.43. The maximum absolute atomic E-state index is 3.75. The van der Waals surface area contributed by atoms with Crippen molar-refractivity contribution in [1.82, 2.24) is 14.1 Å². The normalized spacial score (nSPS) is 11.9. The Bertz CT molecular complexity index is 3510. The fourth-order valence-corrected chi connectivity index (χ4v) is 9.23. The lowest BCUT2D eigenvalue weighted by Gasteiger charge is -2.13. The molecule has 0 saturated carbocycles. The smallest absolute Gasteiger partial charge is 0.0546 e. The van der Waals surface area contributed by atoms with Gasteiger partial charge in [0.1, 0.15) is 0 Å². The van der Waals surface area contributed by atoms with Gasteiger partial charge in [0.15, 0.2) is 0 Å². The molecule has 0 atom stereocenters. The number of nitrogens with one attached hydrogen (secondary N) is 1. The van der Waals surface area contributed by atoms with Crippen molar-refractivity contribution in [3.05, 3.63) is 206 Å². The fourth-order valence-electron chi connectivity index (χ4n) is 9.23. The van der Waals surface area contributed by atoms with Crippen molar-refractivity contribution >= 4 is 65.4 Å². The second-order valence-electron chi connectivity index (χ2n) is 15.0. The number of aromatic nitrogens is 3. The van der Waals surface area contributed by atoms with E-state index in [0.717, 1.165) is 22.4 Å². The first-order valence-corrected chi connectivity index (χ1v) is 19.6. The van der Waals surface area contributed by atoms with E-state index in [-0.39, 0.29) is 0 Å². The van der Waals surface area contributed by atoms with E-state index >= 15 is 0 Å². The molecule has 9 aromatic carbocycles. The summed E-state index contributed by atoms with van der Waals surface area (Å²) in [7, 11) is 0. The molecule has 0 saturated heterocycles. The van der Waals surface area contributed by atoms with Gasteiger partial charge in [-0.25, -0.2) is 0 Å². The van der Waals surface area contributed by atoms with Crippen LogP contribution in [0.5, 0.6) is 0 Å². The van der Waals surface area contributed by atoms with Gasteiger partial charge in [-0.2, -0.15) is 0 Å². The van der Waals surface area contributed by atoms with E-state index < -0.39 is 0 Å². The predicted molar refractivity (Wildman–Crippen MR) is 241 cm³/mol. The van der Waals surface area contributed by atoms with Gasteiger partial charge in [0, 0.05) is 54.8 Å². The van der Waals surface area contributed by atoms with Crippen molar-refractivity contribution in [2.45, 2.75) is 0 Å². The van der Waals surface area contributed by atoms with E-state index in [4.69, 9.17) is 0 Å². The van der Waals surface area contributed by atoms with Crippen LogP contribution in [0.1, 0.15) is 0 Å². The molecule has 3 heteroatoms. The minimum Gasteiger partial charge on any atom is -0.354 e. The Balaban J connectivity index is 1.04. The highest BCUT2D eigenvalue weighted by atomic mass is 15.0. The van der Waals surface area contributed by atoms with Gasteiger partial charge in [-0.3, -0.25) is 0 Å². The number of para-hydroxylation sites is 3. The molecular weight excluding hydrogens is 691 g/mol. The van der Waals surface area contributed by atoms with E-state index in [9.17, 15) is 0 Å². The predicted octanol–water partition coefficient (Wildman–Crippen LogP) is 14.5. The third-order valence-corrected chi connectivity index (χ3v) is 11.8. The van der Waals surface area contributed by atoms with Crippen molar-refractivity contribution in [2.24, 2.45) is 0 Å². The van der Waals surface area contributed by atoms with E-state index in [0.29, 0.717) is 0 Å². The zero-order valence-electron chi connectivity index (χ0n) is 31.0. The molecule has 0 aliphatic rings. The molecule has 57 heavy (non-hydrogen) atoms. The summed E-state index contributed by atoms with van der Waals surface area (Å²) < 4.78 is 4.86. The van der Waals surface area contributed by atoms with Crippen LogP contribution in [0.15, 0.2) is 206 Å². The molecule has 266 valence electrons. The molecule has 3 heterocycles. The highest BCUT2D eigenvalue weighted by Gasteiger charge is 2.19. The Morgan fingerprint density at radius 1 is 0.281 bits per heavy atom. The van der Waals surface area contributed by atoms with Crippen LogP contribution in [-0.4, -0.2) is 14.1 Å². The van der Waals surface area contributed by atoms with Crippen molar-refractivity contribution in [3.63, 3.8) is 0 Å². The number of rotatable bonds is 5. The maximum Gasteiger partial charge on any atom is 0.0546 e. The molecule has 0 aliphatic heterocycles. The summed E-state index contributed by atoms with van der Waals surface area (Å²) in [6.45, 7) is 0. The summed E-state index contributed by atoms with van der Waals surface area (Å²) in [4.78, 5) is 3.75. The first-order valence-electron chi connectivity index (χ1n) is 19.6.